The number of carbonyl (C=O) groups excluding carboxylic acids is 2. The van der Waals surface area contributed by atoms with Crippen LogP contribution in [0.3, 0.4) is 0 Å². The van der Waals surface area contributed by atoms with E-state index >= 15 is 0 Å². The molecule has 2 N–H and O–H groups in total. The summed E-state index contributed by atoms with van der Waals surface area (Å²) in [7, 11) is 5.61. The van der Waals surface area contributed by atoms with E-state index in [9.17, 15) is 9.59 Å². The van der Waals surface area contributed by atoms with Crippen LogP contribution in [0.2, 0.25) is 0 Å². The van der Waals surface area contributed by atoms with Gasteiger partial charge < -0.3 is 34.3 Å². The van der Waals surface area contributed by atoms with Gasteiger partial charge in [0.2, 0.25) is 0 Å². The molecule has 0 spiro atoms. The highest BCUT2D eigenvalue weighted by atomic mass is 35.5. The van der Waals surface area contributed by atoms with Gasteiger partial charge in [-0.25, -0.2) is 4.79 Å². The standard InChI is InChI=1S/C30H33ClN4O5/c1-33(2)12-13-38-21-8-9-25-19(14-21)15-27(39-25)29(36)35-18-20(17-31)28-23-7-5-4-6-22(23)26(16-24(28)35)40-30(37)34(3)11-10-32/h4-9,14-16,20H,10-13,17-18,32H2,1-3H3/t20-/m1/s1. The van der Waals surface area contributed by atoms with Crippen LogP contribution in [0.1, 0.15) is 22.0 Å². The summed E-state index contributed by atoms with van der Waals surface area (Å²) in [6.45, 7) is 2.39. The molecule has 1 atom stereocenters. The minimum absolute atomic E-state index is 0.101. The molecule has 0 fully saturated rings. The van der Waals surface area contributed by atoms with Gasteiger partial charge in [0.1, 0.15) is 23.7 Å². The summed E-state index contributed by atoms with van der Waals surface area (Å²) >= 11 is 6.41. The second kappa shape index (κ2) is 11.8. The number of hydrogen-bond acceptors (Lipinski definition) is 7. The summed E-state index contributed by atoms with van der Waals surface area (Å²) < 4.78 is 17.6. The Labute approximate surface area is 237 Å². The number of carbonyl (C=O) groups is 2. The number of amides is 2. The van der Waals surface area contributed by atoms with E-state index in [2.05, 4.69) is 0 Å². The minimum Gasteiger partial charge on any atom is -0.492 e. The Kier molecular flexibility index (Phi) is 8.16. The Morgan fingerprint density at radius 2 is 1.85 bits per heavy atom. The number of alkyl halides is 1. The van der Waals surface area contributed by atoms with Crippen molar-refractivity contribution in [3.8, 4) is 11.5 Å². The summed E-state index contributed by atoms with van der Waals surface area (Å²) in [5.41, 5.74) is 7.79. The molecule has 1 aliphatic heterocycles. The van der Waals surface area contributed by atoms with Gasteiger partial charge in [0, 0.05) is 61.9 Å². The number of fused-ring (bicyclic) bond motifs is 4. The van der Waals surface area contributed by atoms with Crippen LogP contribution < -0.4 is 20.1 Å². The number of rotatable bonds is 9. The van der Waals surface area contributed by atoms with Crippen LogP contribution in [0.5, 0.6) is 11.5 Å². The topological polar surface area (TPSA) is 101 Å². The van der Waals surface area contributed by atoms with E-state index in [-0.39, 0.29) is 17.6 Å². The fraction of sp³-hybridized carbons (Fsp3) is 0.333. The molecule has 0 saturated carbocycles. The Hall–Kier alpha value is -3.79. The quantitative estimate of drug-likeness (QED) is 0.289. The van der Waals surface area contributed by atoms with Crippen molar-refractivity contribution in [2.45, 2.75) is 5.92 Å². The van der Waals surface area contributed by atoms with Gasteiger partial charge in [0.15, 0.2) is 5.76 Å². The Bertz CT molecular complexity index is 1550. The van der Waals surface area contributed by atoms with Crippen LogP contribution in [-0.4, -0.2) is 81.6 Å². The van der Waals surface area contributed by atoms with Crippen molar-refractivity contribution in [1.82, 2.24) is 9.80 Å². The van der Waals surface area contributed by atoms with Gasteiger partial charge in [-0.1, -0.05) is 24.3 Å². The van der Waals surface area contributed by atoms with Crippen LogP contribution in [0.15, 0.2) is 59.0 Å². The smallest absolute Gasteiger partial charge is 0.415 e. The van der Waals surface area contributed by atoms with Crippen LogP contribution in [0.4, 0.5) is 10.5 Å². The van der Waals surface area contributed by atoms with Crippen molar-refractivity contribution in [3.63, 3.8) is 0 Å². The molecule has 2 amide bonds. The number of benzene rings is 3. The zero-order chi connectivity index (χ0) is 28.4. The Morgan fingerprint density at radius 3 is 2.58 bits per heavy atom. The van der Waals surface area contributed by atoms with Gasteiger partial charge in [-0.05, 0) is 49.3 Å². The third-order valence-corrected chi connectivity index (χ3v) is 7.41. The van der Waals surface area contributed by atoms with Crippen LogP contribution >= 0.6 is 11.6 Å². The number of likely N-dealkylation sites (N-methyl/N-ethyl adjacent to an activating group) is 2. The average molecular weight is 565 g/mol. The van der Waals surface area contributed by atoms with Crippen molar-refractivity contribution in [3.05, 3.63) is 65.9 Å². The van der Waals surface area contributed by atoms with Crippen molar-refractivity contribution >= 4 is 51.0 Å². The van der Waals surface area contributed by atoms with Crippen LogP contribution in [0.25, 0.3) is 21.7 Å². The molecule has 0 unspecified atom stereocenters. The Morgan fingerprint density at radius 1 is 1.07 bits per heavy atom. The van der Waals surface area contributed by atoms with E-state index in [1.165, 1.54) is 4.90 Å². The molecule has 2 heterocycles. The molecule has 4 aromatic rings. The first kappa shape index (κ1) is 27.8. The van der Waals surface area contributed by atoms with Gasteiger partial charge in [-0.15, -0.1) is 11.6 Å². The molecule has 1 aromatic heterocycles. The Balaban J connectivity index is 1.49. The number of anilines is 1. The lowest BCUT2D eigenvalue weighted by Crippen LogP contribution is -2.34. The molecule has 0 saturated heterocycles. The minimum atomic E-state index is -0.527. The molecular weight excluding hydrogens is 532 g/mol. The maximum absolute atomic E-state index is 13.9. The molecule has 40 heavy (non-hydrogen) atoms. The summed E-state index contributed by atoms with van der Waals surface area (Å²) in [6.07, 6.45) is -0.527. The highest BCUT2D eigenvalue weighted by molar-refractivity contribution is 6.19. The van der Waals surface area contributed by atoms with Gasteiger partial charge in [0.05, 0.1) is 5.69 Å². The lowest BCUT2D eigenvalue weighted by atomic mass is 9.95. The van der Waals surface area contributed by atoms with Crippen molar-refractivity contribution < 1.29 is 23.5 Å². The van der Waals surface area contributed by atoms with Crippen molar-refractivity contribution in [1.29, 1.82) is 0 Å². The predicted octanol–water partition coefficient (Wildman–Crippen LogP) is 4.90. The second-order valence-corrected chi connectivity index (χ2v) is 10.5. The lowest BCUT2D eigenvalue weighted by Gasteiger charge is -2.20. The fourth-order valence-electron chi connectivity index (χ4n) is 4.97. The normalized spacial score (nSPS) is 14.7. The number of hydrogen-bond donors (Lipinski definition) is 1. The fourth-order valence-corrected chi connectivity index (χ4v) is 5.22. The molecular formula is C30H33ClN4O5. The molecule has 5 rings (SSSR count). The third kappa shape index (κ3) is 5.45. The van der Waals surface area contributed by atoms with Crippen LogP contribution in [0, 0.1) is 0 Å². The van der Waals surface area contributed by atoms with Crippen molar-refractivity contribution in [2.24, 2.45) is 5.73 Å². The van der Waals surface area contributed by atoms with Gasteiger partial charge in [0.25, 0.3) is 5.91 Å². The zero-order valence-corrected chi connectivity index (χ0v) is 23.6. The van der Waals surface area contributed by atoms with E-state index in [1.807, 2.05) is 55.4 Å². The maximum atomic E-state index is 13.9. The first-order valence-electron chi connectivity index (χ1n) is 13.2. The number of furan rings is 1. The zero-order valence-electron chi connectivity index (χ0n) is 22.9. The maximum Gasteiger partial charge on any atom is 0.415 e. The highest BCUT2D eigenvalue weighted by Gasteiger charge is 2.36. The highest BCUT2D eigenvalue weighted by Crippen LogP contribution is 2.46. The second-order valence-electron chi connectivity index (χ2n) is 10.2. The van der Waals surface area contributed by atoms with Crippen LogP contribution in [-0.2, 0) is 0 Å². The predicted molar refractivity (Wildman–Crippen MR) is 157 cm³/mol. The summed E-state index contributed by atoms with van der Waals surface area (Å²) in [5, 5.41) is 2.43. The molecule has 1 aliphatic rings. The van der Waals surface area contributed by atoms with E-state index in [4.69, 9.17) is 31.2 Å². The molecule has 0 radical (unpaired) electrons. The molecule has 0 bridgehead atoms. The van der Waals surface area contributed by atoms with E-state index < -0.39 is 6.09 Å². The number of ether oxygens (including phenoxy) is 2. The first-order chi connectivity index (χ1) is 19.3. The summed E-state index contributed by atoms with van der Waals surface area (Å²) in [4.78, 5) is 31.7. The molecule has 3 aromatic carbocycles. The largest absolute Gasteiger partial charge is 0.492 e. The van der Waals surface area contributed by atoms with Gasteiger partial charge in [-0.2, -0.15) is 0 Å². The molecule has 210 valence electrons. The number of nitrogens with two attached hydrogens (primary N) is 1. The van der Waals surface area contributed by atoms with E-state index in [1.54, 1.807) is 30.1 Å². The van der Waals surface area contributed by atoms with Gasteiger partial charge in [-0.3, -0.25) is 4.79 Å². The van der Waals surface area contributed by atoms with E-state index in [0.29, 0.717) is 54.9 Å². The van der Waals surface area contributed by atoms with Crippen molar-refractivity contribution in [2.75, 3.05) is 64.7 Å². The average Bonchev–Trinajstić information content (AvgIpc) is 3.54. The first-order valence-corrected chi connectivity index (χ1v) is 13.7. The number of halogens is 1. The molecule has 9 nitrogen and oxygen atoms in total. The van der Waals surface area contributed by atoms with E-state index in [0.717, 1.165) is 28.3 Å². The molecule has 0 aliphatic carbocycles. The van der Waals surface area contributed by atoms with Gasteiger partial charge >= 0.3 is 6.09 Å². The summed E-state index contributed by atoms with van der Waals surface area (Å²) in [5.74, 6) is 1.20. The number of nitrogens with zero attached hydrogens (tertiary/aromatic N) is 3. The molecule has 10 heteroatoms. The summed E-state index contributed by atoms with van der Waals surface area (Å²) in [6, 6.07) is 16.6. The lowest BCUT2D eigenvalue weighted by molar-refractivity contribution is 0.0964. The third-order valence-electron chi connectivity index (χ3n) is 7.04. The SMILES string of the molecule is CN(C)CCOc1ccc2oc(C(=O)N3C[C@@H](CCl)c4c3cc(OC(=O)N(C)CCN)c3ccccc43)cc2c1. The monoisotopic (exact) mass is 564 g/mol.